The Labute approximate surface area is 117 Å². The van der Waals surface area contributed by atoms with Gasteiger partial charge in [-0.05, 0) is 55.5 Å². The van der Waals surface area contributed by atoms with Crippen molar-refractivity contribution < 1.29 is 14.3 Å². The Hall–Kier alpha value is -2.69. The first-order valence-electron chi connectivity index (χ1n) is 6.24. The lowest BCUT2D eigenvalue weighted by molar-refractivity contribution is 0.259. The number of carbonyl (C=O) groups is 1. The van der Waals surface area contributed by atoms with Crippen LogP contribution in [0.25, 0.3) is 0 Å². The molecule has 0 heterocycles. The lowest BCUT2D eigenvalue weighted by Crippen LogP contribution is -2.19. The molecule has 5 nitrogen and oxygen atoms in total. The molecule has 0 aliphatic heterocycles. The molecule has 3 N–H and O–H groups in total. The molecule has 0 aromatic heterocycles. The number of hydrogen-bond acceptors (Lipinski definition) is 3. The predicted octanol–water partition coefficient (Wildman–Crippen LogP) is 3.37. The number of amides is 2. The minimum atomic E-state index is -0.592. The summed E-state index contributed by atoms with van der Waals surface area (Å²) in [6.45, 7) is 2.57. The highest BCUT2D eigenvalue weighted by Crippen LogP contribution is 2.25. The minimum absolute atomic E-state index is 0.592. The monoisotopic (exact) mass is 272 g/mol. The summed E-state index contributed by atoms with van der Waals surface area (Å²) in [7, 11) is 0. The van der Waals surface area contributed by atoms with Gasteiger partial charge in [0.25, 0.3) is 0 Å². The first-order valence-corrected chi connectivity index (χ1v) is 6.24. The number of rotatable bonds is 5. The van der Waals surface area contributed by atoms with Crippen molar-refractivity contribution in [1.29, 1.82) is 0 Å². The number of ether oxygens (including phenoxy) is 2. The molecule has 0 fully saturated rings. The van der Waals surface area contributed by atoms with Gasteiger partial charge in [0.15, 0.2) is 0 Å². The van der Waals surface area contributed by atoms with Crippen molar-refractivity contribution in [2.24, 2.45) is 5.73 Å². The molecule has 2 amide bonds. The van der Waals surface area contributed by atoms with Crippen LogP contribution < -0.4 is 20.5 Å². The number of carbonyl (C=O) groups excluding carboxylic acids is 1. The fourth-order valence-electron chi connectivity index (χ4n) is 1.66. The minimum Gasteiger partial charge on any atom is -0.494 e. The molecule has 0 saturated carbocycles. The van der Waals surface area contributed by atoms with Crippen LogP contribution in [-0.2, 0) is 0 Å². The Balaban J connectivity index is 2.00. The first kappa shape index (κ1) is 13.7. The van der Waals surface area contributed by atoms with Crippen molar-refractivity contribution in [3.63, 3.8) is 0 Å². The average Bonchev–Trinajstić information content (AvgIpc) is 2.43. The summed E-state index contributed by atoms with van der Waals surface area (Å²) >= 11 is 0. The van der Waals surface area contributed by atoms with E-state index < -0.39 is 6.03 Å². The number of benzene rings is 2. The van der Waals surface area contributed by atoms with E-state index in [1.54, 1.807) is 24.3 Å². The van der Waals surface area contributed by atoms with Gasteiger partial charge in [-0.3, -0.25) is 0 Å². The molecular weight excluding hydrogens is 256 g/mol. The zero-order chi connectivity index (χ0) is 14.4. The molecule has 0 atom stereocenters. The molecule has 104 valence electrons. The van der Waals surface area contributed by atoms with Crippen LogP contribution in [-0.4, -0.2) is 12.6 Å². The molecule has 0 unspecified atom stereocenters. The van der Waals surface area contributed by atoms with Crippen molar-refractivity contribution in [3.05, 3.63) is 48.5 Å². The number of primary amides is 1. The van der Waals surface area contributed by atoms with E-state index in [1.807, 2.05) is 31.2 Å². The van der Waals surface area contributed by atoms with Gasteiger partial charge >= 0.3 is 6.03 Å². The van der Waals surface area contributed by atoms with E-state index in [0.717, 1.165) is 5.75 Å². The SMILES string of the molecule is CCOc1ccc(Oc2ccc(NC(N)=O)cc2)cc1. The molecule has 0 radical (unpaired) electrons. The molecule has 0 aliphatic rings. The van der Waals surface area contributed by atoms with Crippen LogP contribution in [0.2, 0.25) is 0 Å². The quantitative estimate of drug-likeness (QED) is 0.876. The van der Waals surface area contributed by atoms with Gasteiger partial charge in [0, 0.05) is 5.69 Å². The highest BCUT2D eigenvalue weighted by atomic mass is 16.5. The van der Waals surface area contributed by atoms with Crippen LogP contribution in [0, 0.1) is 0 Å². The van der Waals surface area contributed by atoms with Crippen molar-refractivity contribution in [1.82, 2.24) is 0 Å². The van der Waals surface area contributed by atoms with Crippen molar-refractivity contribution in [2.45, 2.75) is 6.92 Å². The summed E-state index contributed by atoms with van der Waals surface area (Å²) in [6, 6.07) is 13.7. The second kappa shape index (κ2) is 6.47. The van der Waals surface area contributed by atoms with Gasteiger partial charge in [-0.1, -0.05) is 0 Å². The van der Waals surface area contributed by atoms with Crippen molar-refractivity contribution in [2.75, 3.05) is 11.9 Å². The predicted molar refractivity (Wildman–Crippen MR) is 77.3 cm³/mol. The highest BCUT2D eigenvalue weighted by Gasteiger charge is 2.00. The molecular formula is C15H16N2O3. The highest BCUT2D eigenvalue weighted by molar-refractivity contribution is 5.87. The molecule has 0 spiro atoms. The van der Waals surface area contributed by atoms with Gasteiger partial charge < -0.3 is 20.5 Å². The number of urea groups is 1. The third-order valence-corrected chi connectivity index (χ3v) is 2.49. The Morgan fingerprint density at radius 3 is 2.00 bits per heavy atom. The maximum absolute atomic E-state index is 10.7. The van der Waals surface area contributed by atoms with Crippen LogP contribution in [0.3, 0.4) is 0 Å². The average molecular weight is 272 g/mol. The smallest absolute Gasteiger partial charge is 0.316 e. The van der Waals surface area contributed by atoms with Crippen LogP contribution >= 0.6 is 0 Å². The summed E-state index contributed by atoms with van der Waals surface area (Å²) in [6.07, 6.45) is 0. The molecule has 2 aromatic carbocycles. The fourth-order valence-corrected chi connectivity index (χ4v) is 1.66. The molecule has 2 aromatic rings. The first-order chi connectivity index (χ1) is 9.67. The van der Waals surface area contributed by atoms with Crippen LogP contribution in [0.15, 0.2) is 48.5 Å². The number of hydrogen-bond donors (Lipinski definition) is 2. The van der Waals surface area contributed by atoms with Crippen LogP contribution in [0.4, 0.5) is 10.5 Å². The van der Waals surface area contributed by atoms with Gasteiger partial charge in [0.2, 0.25) is 0 Å². The molecule has 0 bridgehead atoms. The van der Waals surface area contributed by atoms with Crippen LogP contribution in [0.1, 0.15) is 6.92 Å². The Morgan fingerprint density at radius 2 is 1.50 bits per heavy atom. The van der Waals surface area contributed by atoms with Gasteiger partial charge in [-0.25, -0.2) is 4.79 Å². The molecule has 2 rings (SSSR count). The van der Waals surface area contributed by atoms with Gasteiger partial charge in [0.1, 0.15) is 17.2 Å². The molecule has 0 saturated heterocycles. The van der Waals surface area contributed by atoms with Crippen molar-refractivity contribution in [3.8, 4) is 17.2 Å². The van der Waals surface area contributed by atoms with E-state index in [0.29, 0.717) is 23.8 Å². The third kappa shape index (κ3) is 3.91. The largest absolute Gasteiger partial charge is 0.494 e. The Kier molecular flexibility index (Phi) is 4.44. The van der Waals surface area contributed by atoms with E-state index in [-0.39, 0.29) is 0 Å². The summed E-state index contributed by atoms with van der Waals surface area (Å²) in [5.41, 5.74) is 5.65. The van der Waals surface area contributed by atoms with E-state index in [2.05, 4.69) is 5.32 Å². The van der Waals surface area contributed by atoms with Gasteiger partial charge in [-0.2, -0.15) is 0 Å². The molecule has 5 heteroatoms. The van der Waals surface area contributed by atoms with Crippen molar-refractivity contribution >= 4 is 11.7 Å². The number of nitrogens with two attached hydrogens (primary N) is 1. The van der Waals surface area contributed by atoms with Gasteiger partial charge in [-0.15, -0.1) is 0 Å². The summed E-state index contributed by atoms with van der Waals surface area (Å²) in [4.78, 5) is 10.7. The van der Waals surface area contributed by atoms with Gasteiger partial charge in [0.05, 0.1) is 6.61 Å². The zero-order valence-electron chi connectivity index (χ0n) is 11.1. The maximum Gasteiger partial charge on any atom is 0.316 e. The number of anilines is 1. The van der Waals surface area contributed by atoms with E-state index >= 15 is 0 Å². The second-order valence-corrected chi connectivity index (χ2v) is 4.02. The van der Waals surface area contributed by atoms with Crippen LogP contribution in [0.5, 0.6) is 17.2 Å². The Morgan fingerprint density at radius 1 is 1.00 bits per heavy atom. The topological polar surface area (TPSA) is 73.6 Å². The second-order valence-electron chi connectivity index (χ2n) is 4.02. The van der Waals surface area contributed by atoms with E-state index in [4.69, 9.17) is 15.2 Å². The lowest BCUT2D eigenvalue weighted by atomic mass is 10.3. The summed E-state index contributed by atoms with van der Waals surface area (Å²) in [5.74, 6) is 2.19. The maximum atomic E-state index is 10.7. The number of nitrogens with one attached hydrogen (secondary N) is 1. The Bertz CT molecular complexity index is 565. The zero-order valence-corrected chi connectivity index (χ0v) is 11.1. The molecule has 20 heavy (non-hydrogen) atoms. The lowest BCUT2D eigenvalue weighted by Gasteiger charge is -2.08. The standard InChI is InChI=1S/C15H16N2O3/c1-2-19-12-7-9-14(10-8-12)20-13-5-3-11(4-6-13)17-15(16)18/h3-10H,2H2,1H3,(H3,16,17,18). The third-order valence-electron chi connectivity index (χ3n) is 2.49. The fraction of sp³-hybridized carbons (Fsp3) is 0.133. The summed E-state index contributed by atoms with van der Waals surface area (Å²) in [5, 5.41) is 2.48. The normalized spacial score (nSPS) is 9.85. The van der Waals surface area contributed by atoms with E-state index in [1.165, 1.54) is 0 Å². The molecule has 0 aliphatic carbocycles. The summed E-state index contributed by atoms with van der Waals surface area (Å²) < 4.78 is 11.0. The van der Waals surface area contributed by atoms with E-state index in [9.17, 15) is 4.79 Å².